The lowest BCUT2D eigenvalue weighted by atomic mass is 10.0. The molecular formula is C14H22N2O. The molecule has 2 atom stereocenters. The first-order chi connectivity index (χ1) is 7.91. The van der Waals surface area contributed by atoms with Crippen molar-refractivity contribution in [2.24, 2.45) is 11.7 Å². The number of nitrogens with two attached hydrogens (primary N) is 1. The summed E-state index contributed by atoms with van der Waals surface area (Å²) < 4.78 is 0. The van der Waals surface area contributed by atoms with Gasteiger partial charge in [0.1, 0.15) is 0 Å². The lowest BCUT2D eigenvalue weighted by molar-refractivity contribution is -0.123. The molecule has 0 bridgehead atoms. The maximum absolute atomic E-state index is 11.8. The normalized spacial score (nSPS) is 14.5. The summed E-state index contributed by atoms with van der Waals surface area (Å²) >= 11 is 0. The molecule has 0 aliphatic heterocycles. The molecule has 94 valence electrons. The molecule has 1 aromatic rings. The van der Waals surface area contributed by atoms with E-state index in [1.54, 1.807) is 0 Å². The quantitative estimate of drug-likeness (QED) is 0.838. The van der Waals surface area contributed by atoms with E-state index in [4.69, 9.17) is 5.73 Å². The van der Waals surface area contributed by atoms with Crippen LogP contribution in [0.5, 0.6) is 0 Å². The van der Waals surface area contributed by atoms with Gasteiger partial charge in [-0.2, -0.15) is 0 Å². The number of benzene rings is 1. The first kappa shape index (κ1) is 13.7. The Bertz CT molecular complexity index is 370. The van der Waals surface area contributed by atoms with Crippen LogP contribution < -0.4 is 11.1 Å². The molecule has 0 spiro atoms. The second-order valence-electron chi connectivity index (χ2n) is 4.91. The van der Waals surface area contributed by atoms with E-state index in [1.165, 1.54) is 5.56 Å². The third kappa shape index (κ3) is 3.86. The zero-order valence-corrected chi connectivity index (χ0v) is 11.0. The molecule has 17 heavy (non-hydrogen) atoms. The van der Waals surface area contributed by atoms with Crippen LogP contribution >= 0.6 is 0 Å². The van der Waals surface area contributed by atoms with Crippen molar-refractivity contribution in [1.29, 1.82) is 0 Å². The van der Waals surface area contributed by atoms with Crippen molar-refractivity contribution in [3.8, 4) is 0 Å². The third-order valence-corrected chi connectivity index (χ3v) is 2.96. The van der Waals surface area contributed by atoms with E-state index in [9.17, 15) is 4.79 Å². The fourth-order valence-corrected chi connectivity index (χ4v) is 1.55. The average Bonchev–Trinajstić information content (AvgIpc) is 2.28. The van der Waals surface area contributed by atoms with Crippen molar-refractivity contribution in [1.82, 2.24) is 5.32 Å². The fourth-order valence-electron chi connectivity index (χ4n) is 1.55. The summed E-state index contributed by atoms with van der Waals surface area (Å²) in [5.41, 5.74) is 8.11. The summed E-state index contributed by atoms with van der Waals surface area (Å²) in [6.07, 6.45) is 0. The highest BCUT2D eigenvalue weighted by Crippen LogP contribution is 2.13. The van der Waals surface area contributed by atoms with Crippen molar-refractivity contribution in [2.75, 3.05) is 0 Å². The lowest BCUT2D eigenvalue weighted by Gasteiger charge is -2.20. The van der Waals surface area contributed by atoms with Crippen molar-refractivity contribution in [3.05, 3.63) is 35.4 Å². The van der Waals surface area contributed by atoms with E-state index in [2.05, 4.69) is 5.32 Å². The van der Waals surface area contributed by atoms with Gasteiger partial charge in [0.2, 0.25) is 5.91 Å². The van der Waals surface area contributed by atoms with Crippen LogP contribution in [0.15, 0.2) is 24.3 Å². The van der Waals surface area contributed by atoms with Crippen LogP contribution in [0, 0.1) is 12.8 Å². The van der Waals surface area contributed by atoms with Crippen LogP contribution in [0.25, 0.3) is 0 Å². The highest BCUT2D eigenvalue weighted by atomic mass is 16.2. The van der Waals surface area contributed by atoms with E-state index < -0.39 is 6.04 Å². The molecule has 0 saturated carbocycles. The molecule has 1 amide bonds. The maximum Gasteiger partial charge on any atom is 0.237 e. The summed E-state index contributed by atoms with van der Waals surface area (Å²) in [6.45, 7) is 7.90. The summed E-state index contributed by atoms with van der Waals surface area (Å²) in [5, 5.41) is 2.93. The van der Waals surface area contributed by atoms with E-state index in [-0.39, 0.29) is 17.9 Å². The highest BCUT2D eigenvalue weighted by Gasteiger charge is 2.19. The second-order valence-corrected chi connectivity index (χ2v) is 4.91. The number of rotatable bonds is 4. The Labute approximate surface area is 103 Å². The smallest absolute Gasteiger partial charge is 0.237 e. The van der Waals surface area contributed by atoms with Crippen LogP contribution in [-0.4, -0.2) is 11.9 Å². The van der Waals surface area contributed by atoms with Gasteiger partial charge in [-0.15, -0.1) is 0 Å². The van der Waals surface area contributed by atoms with Crippen molar-refractivity contribution in [2.45, 2.75) is 39.8 Å². The summed E-state index contributed by atoms with van der Waals surface area (Å²) in [5.74, 6) is 0.0632. The largest absolute Gasteiger partial charge is 0.348 e. The third-order valence-electron chi connectivity index (χ3n) is 2.96. The average molecular weight is 234 g/mol. The molecule has 1 rings (SSSR count). The van der Waals surface area contributed by atoms with E-state index >= 15 is 0 Å². The zero-order chi connectivity index (χ0) is 13.0. The highest BCUT2D eigenvalue weighted by molar-refractivity contribution is 5.82. The molecule has 3 N–H and O–H groups in total. The zero-order valence-electron chi connectivity index (χ0n) is 11.0. The van der Waals surface area contributed by atoms with E-state index in [0.717, 1.165) is 5.56 Å². The van der Waals surface area contributed by atoms with Crippen molar-refractivity contribution < 1.29 is 4.79 Å². The second kappa shape index (κ2) is 5.82. The molecule has 0 fully saturated rings. The number of hydrogen-bond acceptors (Lipinski definition) is 2. The molecule has 0 aliphatic rings. The van der Waals surface area contributed by atoms with Crippen LogP contribution in [0.2, 0.25) is 0 Å². The molecule has 0 aliphatic carbocycles. The number of aryl methyl sites for hydroxylation is 1. The van der Waals surface area contributed by atoms with Crippen LogP contribution in [0.3, 0.4) is 0 Å². The molecule has 3 nitrogen and oxygen atoms in total. The first-order valence-corrected chi connectivity index (χ1v) is 6.04. The van der Waals surface area contributed by atoms with Crippen LogP contribution in [-0.2, 0) is 4.79 Å². The number of carbonyl (C=O) groups excluding carboxylic acids is 1. The lowest BCUT2D eigenvalue weighted by Crippen LogP contribution is -2.44. The predicted molar refractivity (Wildman–Crippen MR) is 70.6 cm³/mol. The van der Waals surface area contributed by atoms with Gasteiger partial charge < -0.3 is 11.1 Å². The topological polar surface area (TPSA) is 55.1 Å². The minimum Gasteiger partial charge on any atom is -0.348 e. The van der Waals surface area contributed by atoms with Gasteiger partial charge in [-0.3, -0.25) is 4.79 Å². The summed E-state index contributed by atoms with van der Waals surface area (Å²) in [4.78, 5) is 11.8. The Morgan fingerprint density at radius 2 is 1.71 bits per heavy atom. The Morgan fingerprint density at radius 1 is 1.18 bits per heavy atom. The molecule has 1 unspecified atom stereocenters. The SMILES string of the molecule is Cc1ccc([C@@H](C)NC(=O)C(N)C(C)C)cc1. The first-order valence-electron chi connectivity index (χ1n) is 6.04. The monoisotopic (exact) mass is 234 g/mol. The fraction of sp³-hybridized carbons (Fsp3) is 0.500. The van der Waals surface area contributed by atoms with Gasteiger partial charge in [-0.25, -0.2) is 0 Å². The molecule has 0 radical (unpaired) electrons. The Balaban J connectivity index is 2.63. The maximum atomic E-state index is 11.8. The van der Waals surface area contributed by atoms with Gasteiger partial charge in [0.05, 0.1) is 12.1 Å². The molecule has 1 aromatic carbocycles. The number of nitrogens with one attached hydrogen (secondary N) is 1. The Hall–Kier alpha value is -1.35. The van der Waals surface area contributed by atoms with Crippen molar-refractivity contribution in [3.63, 3.8) is 0 Å². The minimum atomic E-state index is -0.442. The minimum absolute atomic E-state index is 0.00657. The van der Waals surface area contributed by atoms with Crippen LogP contribution in [0.4, 0.5) is 0 Å². The molecular weight excluding hydrogens is 212 g/mol. The predicted octanol–water partition coefficient (Wildman–Crippen LogP) is 2.16. The number of amides is 1. The van der Waals surface area contributed by atoms with Gasteiger partial charge >= 0.3 is 0 Å². The van der Waals surface area contributed by atoms with E-state index in [1.807, 2.05) is 52.0 Å². The Kier molecular flexibility index (Phi) is 4.70. The number of carbonyl (C=O) groups is 1. The van der Waals surface area contributed by atoms with Crippen molar-refractivity contribution >= 4 is 5.91 Å². The molecule has 3 heteroatoms. The standard InChI is InChI=1S/C14H22N2O/c1-9(2)13(15)14(17)16-11(4)12-7-5-10(3)6-8-12/h5-9,11,13H,15H2,1-4H3,(H,16,17)/t11-,13?/m1/s1. The summed E-state index contributed by atoms with van der Waals surface area (Å²) in [6, 6.07) is 7.69. The molecule has 0 saturated heterocycles. The van der Waals surface area contributed by atoms with Crippen LogP contribution in [0.1, 0.15) is 37.9 Å². The van der Waals surface area contributed by atoms with E-state index in [0.29, 0.717) is 0 Å². The molecule has 0 heterocycles. The summed E-state index contributed by atoms with van der Waals surface area (Å²) in [7, 11) is 0. The number of hydrogen-bond donors (Lipinski definition) is 2. The van der Waals surface area contributed by atoms with Gasteiger partial charge in [-0.1, -0.05) is 43.7 Å². The molecule has 0 aromatic heterocycles. The van der Waals surface area contributed by atoms with Gasteiger partial charge in [-0.05, 0) is 25.3 Å². The van der Waals surface area contributed by atoms with Gasteiger partial charge in [0.25, 0.3) is 0 Å². The van der Waals surface area contributed by atoms with Gasteiger partial charge in [0.15, 0.2) is 0 Å². The Morgan fingerprint density at radius 3 is 2.18 bits per heavy atom. The van der Waals surface area contributed by atoms with Gasteiger partial charge in [0, 0.05) is 0 Å².